The third-order valence-electron chi connectivity index (χ3n) is 4.17. The van der Waals surface area contributed by atoms with Gasteiger partial charge in [-0.25, -0.2) is 4.39 Å². The molecular weight excluding hydrogens is 267 g/mol. The molecule has 0 saturated carbocycles. The van der Waals surface area contributed by atoms with E-state index in [1.165, 1.54) is 18.6 Å². The lowest BCUT2D eigenvalue weighted by molar-refractivity contribution is -0.120. The molecule has 1 aliphatic rings. The average molecular weight is 292 g/mol. The van der Waals surface area contributed by atoms with Gasteiger partial charge in [-0.1, -0.05) is 12.1 Å². The second-order valence-electron chi connectivity index (χ2n) is 7.06. The third kappa shape index (κ3) is 4.53. The van der Waals surface area contributed by atoms with Gasteiger partial charge in [0.05, 0.1) is 0 Å². The summed E-state index contributed by atoms with van der Waals surface area (Å²) in [5.74, 6) is -0.251. The fourth-order valence-electron chi connectivity index (χ4n) is 3.38. The van der Waals surface area contributed by atoms with E-state index >= 15 is 0 Å². The van der Waals surface area contributed by atoms with Gasteiger partial charge in [-0.05, 0) is 57.7 Å². The van der Waals surface area contributed by atoms with E-state index in [0.717, 1.165) is 24.8 Å². The van der Waals surface area contributed by atoms with E-state index in [1.54, 1.807) is 17.0 Å². The number of halogens is 1. The Kier molecular flexibility index (Phi) is 4.67. The van der Waals surface area contributed by atoms with E-state index in [2.05, 4.69) is 26.1 Å². The Morgan fingerprint density at radius 1 is 1.24 bits per heavy atom. The topological polar surface area (TPSA) is 32.3 Å². The zero-order valence-electron chi connectivity index (χ0n) is 13.2. The summed E-state index contributed by atoms with van der Waals surface area (Å²) in [7, 11) is 0. The van der Waals surface area contributed by atoms with Crippen molar-refractivity contribution in [2.24, 2.45) is 0 Å². The van der Waals surface area contributed by atoms with Crippen molar-refractivity contribution in [3.63, 3.8) is 0 Å². The molecule has 4 heteroatoms. The maximum Gasteiger partial charge on any atom is 0.210 e. The van der Waals surface area contributed by atoms with E-state index in [-0.39, 0.29) is 16.9 Å². The van der Waals surface area contributed by atoms with Crippen LogP contribution in [0.5, 0.6) is 0 Å². The van der Waals surface area contributed by atoms with Gasteiger partial charge in [0.25, 0.3) is 0 Å². The van der Waals surface area contributed by atoms with Gasteiger partial charge in [0.15, 0.2) is 0 Å². The molecule has 116 valence electrons. The first-order chi connectivity index (χ1) is 9.82. The summed E-state index contributed by atoms with van der Waals surface area (Å²) in [5, 5.41) is 3.67. The molecule has 1 aromatic rings. The number of rotatable bonds is 5. The van der Waals surface area contributed by atoms with Crippen molar-refractivity contribution >= 4 is 6.41 Å². The number of hydrogen-bond acceptors (Lipinski definition) is 2. The molecule has 1 heterocycles. The fourth-order valence-corrected chi connectivity index (χ4v) is 3.38. The van der Waals surface area contributed by atoms with Crippen LogP contribution in [0.1, 0.15) is 45.6 Å². The van der Waals surface area contributed by atoms with Crippen LogP contribution in [0.15, 0.2) is 24.3 Å². The molecule has 1 aliphatic heterocycles. The van der Waals surface area contributed by atoms with E-state index < -0.39 is 0 Å². The zero-order valence-corrected chi connectivity index (χ0v) is 13.2. The lowest BCUT2D eigenvalue weighted by atomic mass is 9.81. The Labute approximate surface area is 126 Å². The second kappa shape index (κ2) is 6.14. The first-order valence-electron chi connectivity index (χ1n) is 7.55. The number of benzene rings is 1. The molecule has 0 aromatic heterocycles. The standard InChI is InChI=1S/C17H25FN2O/c1-16(2)9-4-10-17(3,19-16)12-20(13-21)11-14-5-7-15(18)8-6-14/h5-8,13,19H,4,9-12H2,1-3H3. The summed E-state index contributed by atoms with van der Waals surface area (Å²) in [6, 6.07) is 6.32. The maximum absolute atomic E-state index is 12.9. The van der Waals surface area contributed by atoms with Gasteiger partial charge >= 0.3 is 0 Å². The lowest BCUT2D eigenvalue weighted by Crippen LogP contribution is -2.61. The molecule has 0 spiro atoms. The van der Waals surface area contributed by atoms with Crippen LogP contribution in [0.25, 0.3) is 0 Å². The molecule has 1 fully saturated rings. The number of carbonyl (C=O) groups is 1. The Morgan fingerprint density at radius 3 is 2.48 bits per heavy atom. The van der Waals surface area contributed by atoms with Crippen molar-refractivity contribution in [2.75, 3.05) is 6.54 Å². The minimum absolute atomic E-state index is 0.0668. The Bertz CT molecular complexity index is 486. The molecule has 0 bridgehead atoms. The second-order valence-corrected chi connectivity index (χ2v) is 7.06. The van der Waals surface area contributed by atoms with Gasteiger partial charge in [0, 0.05) is 24.2 Å². The van der Waals surface area contributed by atoms with E-state index in [1.807, 2.05) is 0 Å². The predicted octanol–water partition coefficient (Wildman–Crippen LogP) is 3.09. The molecule has 1 aromatic carbocycles. The van der Waals surface area contributed by atoms with Crippen molar-refractivity contribution in [1.29, 1.82) is 0 Å². The monoisotopic (exact) mass is 292 g/mol. The maximum atomic E-state index is 12.9. The van der Waals surface area contributed by atoms with Gasteiger partial charge in [-0.15, -0.1) is 0 Å². The van der Waals surface area contributed by atoms with Crippen molar-refractivity contribution < 1.29 is 9.18 Å². The highest BCUT2D eigenvalue weighted by Gasteiger charge is 2.36. The number of piperidine rings is 1. The highest BCUT2D eigenvalue weighted by atomic mass is 19.1. The molecule has 1 atom stereocenters. The molecular formula is C17H25FN2O. The largest absolute Gasteiger partial charge is 0.339 e. The quantitative estimate of drug-likeness (QED) is 0.846. The average Bonchev–Trinajstić information content (AvgIpc) is 2.38. The summed E-state index contributed by atoms with van der Waals surface area (Å²) < 4.78 is 12.9. The van der Waals surface area contributed by atoms with Gasteiger partial charge in [-0.2, -0.15) is 0 Å². The molecule has 1 amide bonds. The molecule has 3 nitrogen and oxygen atoms in total. The van der Waals surface area contributed by atoms with Crippen molar-refractivity contribution in [3.05, 3.63) is 35.6 Å². The SMILES string of the molecule is CC1(C)CCCC(C)(CN(C=O)Cc2ccc(F)cc2)N1. The van der Waals surface area contributed by atoms with Crippen molar-refractivity contribution in [3.8, 4) is 0 Å². The molecule has 1 saturated heterocycles. The number of hydrogen-bond donors (Lipinski definition) is 1. The van der Waals surface area contributed by atoms with Crippen LogP contribution in [0.4, 0.5) is 4.39 Å². The van der Waals surface area contributed by atoms with Crippen LogP contribution in [-0.4, -0.2) is 28.9 Å². The fraction of sp³-hybridized carbons (Fsp3) is 0.588. The molecule has 21 heavy (non-hydrogen) atoms. The highest BCUT2D eigenvalue weighted by Crippen LogP contribution is 2.29. The predicted molar refractivity (Wildman–Crippen MR) is 82.3 cm³/mol. The molecule has 1 unspecified atom stereocenters. The van der Waals surface area contributed by atoms with Crippen LogP contribution in [0, 0.1) is 5.82 Å². The summed E-state index contributed by atoms with van der Waals surface area (Å²) in [5.41, 5.74) is 0.988. The van der Waals surface area contributed by atoms with Crippen LogP contribution in [0.3, 0.4) is 0 Å². The molecule has 2 rings (SSSR count). The van der Waals surface area contributed by atoms with Gasteiger partial charge in [0.2, 0.25) is 6.41 Å². The number of amides is 1. The number of carbonyl (C=O) groups excluding carboxylic acids is 1. The molecule has 0 aliphatic carbocycles. The van der Waals surface area contributed by atoms with E-state index in [9.17, 15) is 9.18 Å². The highest BCUT2D eigenvalue weighted by molar-refractivity contribution is 5.47. The van der Waals surface area contributed by atoms with Crippen LogP contribution in [-0.2, 0) is 11.3 Å². The van der Waals surface area contributed by atoms with E-state index in [0.29, 0.717) is 13.1 Å². The summed E-state index contributed by atoms with van der Waals surface area (Å²) in [4.78, 5) is 13.1. The summed E-state index contributed by atoms with van der Waals surface area (Å²) in [6.45, 7) is 7.76. The molecule has 0 radical (unpaired) electrons. The summed E-state index contributed by atoms with van der Waals surface area (Å²) in [6.07, 6.45) is 4.27. The van der Waals surface area contributed by atoms with E-state index in [4.69, 9.17) is 0 Å². The Morgan fingerprint density at radius 2 is 1.90 bits per heavy atom. The smallest absolute Gasteiger partial charge is 0.210 e. The number of nitrogens with one attached hydrogen (secondary N) is 1. The van der Waals surface area contributed by atoms with Gasteiger partial charge in [0.1, 0.15) is 5.82 Å². The Balaban J connectivity index is 2.01. The molecule has 1 N–H and O–H groups in total. The minimum atomic E-state index is -0.251. The van der Waals surface area contributed by atoms with Crippen LogP contribution < -0.4 is 5.32 Å². The van der Waals surface area contributed by atoms with Crippen LogP contribution in [0.2, 0.25) is 0 Å². The third-order valence-corrected chi connectivity index (χ3v) is 4.17. The Hall–Kier alpha value is -1.42. The van der Waals surface area contributed by atoms with Crippen molar-refractivity contribution in [1.82, 2.24) is 10.2 Å². The first-order valence-corrected chi connectivity index (χ1v) is 7.55. The number of nitrogens with zero attached hydrogens (tertiary/aromatic N) is 1. The first kappa shape index (κ1) is 16.0. The van der Waals surface area contributed by atoms with Crippen LogP contribution >= 0.6 is 0 Å². The van der Waals surface area contributed by atoms with Gasteiger partial charge < -0.3 is 10.2 Å². The lowest BCUT2D eigenvalue weighted by Gasteiger charge is -2.46. The normalized spacial score (nSPS) is 24.6. The zero-order chi connectivity index (χ0) is 15.5. The summed E-state index contributed by atoms with van der Waals surface area (Å²) >= 11 is 0. The van der Waals surface area contributed by atoms with Gasteiger partial charge in [-0.3, -0.25) is 4.79 Å². The minimum Gasteiger partial charge on any atom is -0.339 e. The van der Waals surface area contributed by atoms with Crippen molar-refractivity contribution in [2.45, 2.75) is 57.7 Å².